The van der Waals surface area contributed by atoms with Gasteiger partial charge in [0.15, 0.2) is 5.01 Å². The van der Waals surface area contributed by atoms with Crippen LogP contribution >= 0.6 is 22.9 Å². The number of aromatic nitrogens is 1. The number of halogens is 1. The summed E-state index contributed by atoms with van der Waals surface area (Å²) in [5.41, 5.74) is 1.21. The first-order chi connectivity index (χ1) is 12.9. The van der Waals surface area contributed by atoms with Gasteiger partial charge in [-0.2, -0.15) is 0 Å². The van der Waals surface area contributed by atoms with Gasteiger partial charge in [-0.05, 0) is 30.2 Å². The van der Waals surface area contributed by atoms with Crippen molar-refractivity contribution in [2.45, 2.75) is 4.90 Å². The van der Waals surface area contributed by atoms with Gasteiger partial charge in [0.2, 0.25) is 0 Å². The standard InChI is InChI=1S/C18H12ClN3O3S2/c1-2-15-20-16(12-6-4-3-5-7-12)17(26-15)21-18(23)22-27(24,25)14-10-8-13(19)9-11-14/h1,3-11H,(H2,21,22,23). The molecule has 0 radical (unpaired) electrons. The zero-order chi connectivity index (χ0) is 19.4. The van der Waals surface area contributed by atoms with Crippen LogP contribution in [-0.4, -0.2) is 19.4 Å². The van der Waals surface area contributed by atoms with Crippen molar-refractivity contribution < 1.29 is 13.2 Å². The molecule has 0 bridgehead atoms. The number of nitrogens with one attached hydrogen (secondary N) is 2. The van der Waals surface area contributed by atoms with Crippen LogP contribution in [0.4, 0.5) is 9.80 Å². The molecule has 3 aromatic rings. The fourth-order valence-electron chi connectivity index (χ4n) is 2.18. The summed E-state index contributed by atoms with van der Waals surface area (Å²) in [6.45, 7) is 0. The first-order valence-corrected chi connectivity index (χ1v) is 10.2. The van der Waals surface area contributed by atoms with Gasteiger partial charge in [0.1, 0.15) is 10.7 Å². The monoisotopic (exact) mass is 417 g/mol. The van der Waals surface area contributed by atoms with Crippen LogP contribution < -0.4 is 10.0 Å². The molecule has 2 amide bonds. The van der Waals surface area contributed by atoms with Gasteiger partial charge in [-0.15, -0.1) is 6.42 Å². The normalized spacial score (nSPS) is 10.8. The average molecular weight is 418 g/mol. The number of carbonyl (C=O) groups excluding carboxylic acids is 1. The number of thiazole rings is 1. The molecule has 2 aromatic carbocycles. The van der Waals surface area contributed by atoms with E-state index in [-0.39, 0.29) is 4.90 Å². The Kier molecular flexibility index (Phi) is 5.46. The van der Waals surface area contributed by atoms with Crippen molar-refractivity contribution in [2.75, 3.05) is 5.32 Å². The number of benzene rings is 2. The predicted molar refractivity (Wildman–Crippen MR) is 106 cm³/mol. The van der Waals surface area contributed by atoms with Crippen LogP contribution in [0.1, 0.15) is 5.01 Å². The number of hydrogen-bond acceptors (Lipinski definition) is 5. The highest BCUT2D eigenvalue weighted by Gasteiger charge is 2.20. The minimum absolute atomic E-state index is 0.0843. The molecule has 0 aliphatic rings. The molecule has 0 saturated carbocycles. The van der Waals surface area contributed by atoms with E-state index in [4.69, 9.17) is 18.0 Å². The second-order valence-corrected chi connectivity index (χ2v) is 8.34. The van der Waals surface area contributed by atoms with Crippen molar-refractivity contribution in [1.82, 2.24) is 9.71 Å². The van der Waals surface area contributed by atoms with Crippen molar-refractivity contribution in [1.29, 1.82) is 0 Å². The third kappa shape index (κ3) is 4.46. The van der Waals surface area contributed by atoms with Crippen LogP contribution in [0.3, 0.4) is 0 Å². The summed E-state index contributed by atoms with van der Waals surface area (Å²) in [5.74, 6) is 2.42. The molecule has 0 fully saturated rings. The molecule has 0 aliphatic carbocycles. The Bertz CT molecular complexity index is 1120. The number of hydrogen-bond donors (Lipinski definition) is 2. The second-order valence-electron chi connectivity index (χ2n) is 5.22. The van der Waals surface area contributed by atoms with E-state index in [0.717, 1.165) is 16.9 Å². The summed E-state index contributed by atoms with van der Waals surface area (Å²) in [7, 11) is -4.05. The largest absolute Gasteiger partial charge is 0.333 e. The van der Waals surface area contributed by atoms with Gasteiger partial charge in [-0.25, -0.2) is 22.9 Å². The highest BCUT2D eigenvalue weighted by atomic mass is 35.5. The van der Waals surface area contributed by atoms with Crippen LogP contribution in [0.2, 0.25) is 5.02 Å². The van der Waals surface area contributed by atoms with Crippen molar-refractivity contribution in [3.63, 3.8) is 0 Å². The van der Waals surface area contributed by atoms with Gasteiger partial charge in [-0.1, -0.05) is 53.3 Å². The Balaban J connectivity index is 1.83. The van der Waals surface area contributed by atoms with E-state index in [1.54, 1.807) is 0 Å². The minimum atomic E-state index is -4.05. The lowest BCUT2D eigenvalue weighted by atomic mass is 10.2. The SMILES string of the molecule is C#Cc1nc(-c2ccccc2)c(NC(=O)NS(=O)(=O)c2ccc(Cl)cc2)s1. The smallest absolute Gasteiger partial charge is 0.297 e. The van der Waals surface area contributed by atoms with E-state index in [0.29, 0.717) is 20.7 Å². The highest BCUT2D eigenvalue weighted by molar-refractivity contribution is 7.90. The zero-order valence-electron chi connectivity index (χ0n) is 13.6. The molecule has 0 atom stereocenters. The molecule has 0 saturated heterocycles. The highest BCUT2D eigenvalue weighted by Crippen LogP contribution is 2.32. The number of sulfonamides is 1. The quantitative estimate of drug-likeness (QED) is 0.629. The maximum absolute atomic E-state index is 12.3. The first kappa shape index (κ1) is 18.9. The predicted octanol–water partition coefficient (Wildman–Crippen LogP) is 3.96. The number of nitrogens with zero attached hydrogens (tertiary/aromatic N) is 1. The van der Waals surface area contributed by atoms with Crippen molar-refractivity contribution >= 4 is 44.0 Å². The Morgan fingerprint density at radius 2 is 1.78 bits per heavy atom. The van der Waals surface area contributed by atoms with Gasteiger partial charge in [-0.3, -0.25) is 5.32 Å². The number of terminal acetylenes is 1. The Morgan fingerprint density at radius 1 is 1.11 bits per heavy atom. The van der Waals surface area contributed by atoms with Crippen LogP contribution in [-0.2, 0) is 10.0 Å². The fourth-order valence-corrected chi connectivity index (χ4v) is 4.01. The van der Waals surface area contributed by atoms with Crippen LogP contribution in [0.15, 0.2) is 59.5 Å². The molecule has 0 unspecified atom stereocenters. The number of rotatable bonds is 4. The molecule has 9 heteroatoms. The van der Waals surface area contributed by atoms with Gasteiger partial charge in [0, 0.05) is 10.6 Å². The summed E-state index contributed by atoms with van der Waals surface area (Å²) < 4.78 is 26.6. The van der Waals surface area contributed by atoms with Gasteiger partial charge in [0.25, 0.3) is 10.0 Å². The van der Waals surface area contributed by atoms with Gasteiger partial charge >= 0.3 is 6.03 Å². The number of anilines is 1. The molecular formula is C18H12ClN3O3S2. The number of urea groups is 1. The molecule has 6 nitrogen and oxygen atoms in total. The molecule has 0 aliphatic heterocycles. The van der Waals surface area contributed by atoms with Crippen molar-refractivity contribution in [3.05, 3.63) is 64.6 Å². The third-order valence-electron chi connectivity index (χ3n) is 3.38. The molecule has 3 rings (SSSR count). The van der Waals surface area contributed by atoms with E-state index >= 15 is 0 Å². The van der Waals surface area contributed by atoms with E-state index in [1.807, 2.05) is 35.1 Å². The average Bonchev–Trinajstić information content (AvgIpc) is 3.05. The zero-order valence-corrected chi connectivity index (χ0v) is 16.0. The van der Waals surface area contributed by atoms with Gasteiger partial charge < -0.3 is 0 Å². The number of carbonyl (C=O) groups is 1. The van der Waals surface area contributed by atoms with Gasteiger partial charge in [0.05, 0.1) is 4.90 Å². The molecule has 136 valence electrons. The molecule has 1 heterocycles. The summed E-state index contributed by atoms with van der Waals surface area (Å²) in [5, 5.41) is 3.60. The topological polar surface area (TPSA) is 88.2 Å². The van der Waals surface area contributed by atoms with Crippen LogP contribution in [0.25, 0.3) is 11.3 Å². The summed E-state index contributed by atoms with van der Waals surface area (Å²) in [6, 6.07) is 13.6. The minimum Gasteiger partial charge on any atom is -0.297 e. The Hall–Kier alpha value is -2.86. The number of amides is 2. The van der Waals surface area contributed by atoms with E-state index in [9.17, 15) is 13.2 Å². The summed E-state index contributed by atoms with van der Waals surface area (Å²) in [4.78, 5) is 16.5. The molecule has 2 N–H and O–H groups in total. The maximum atomic E-state index is 12.3. The summed E-state index contributed by atoms with van der Waals surface area (Å²) in [6.07, 6.45) is 5.39. The lowest BCUT2D eigenvalue weighted by molar-refractivity contribution is 0.256. The van der Waals surface area contributed by atoms with E-state index in [2.05, 4.69) is 16.2 Å². The third-order valence-corrected chi connectivity index (χ3v) is 5.88. The Labute approximate surface area is 165 Å². The van der Waals surface area contributed by atoms with Crippen molar-refractivity contribution in [2.24, 2.45) is 0 Å². The Morgan fingerprint density at radius 3 is 2.41 bits per heavy atom. The molecule has 27 heavy (non-hydrogen) atoms. The fraction of sp³-hybridized carbons (Fsp3) is 0. The van der Waals surface area contributed by atoms with Crippen LogP contribution in [0, 0.1) is 12.3 Å². The van der Waals surface area contributed by atoms with E-state index < -0.39 is 16.1 Å². The lowest BCUT2D eigenvalue weighted by Crippen LogP contribution is -2.34. The van der Waals surface area contributed by atoms with Crippen molar-refractivity contribution in [3.8, 4) is 23.6 Å². The molecule has 0 spiro atoms. The molecule has 1 aromatic heterocycles. The van der Waals surface area contributed by atoms with E-state index in [1.165, 1.54) is 24.3 Å². The molecular weight excluding hydrogens is 406 g/mol. The lowest BCUT2D eigenvalue weighted by Gasteiger charge is -2.08. The maximum Gasteiger partial charge on any atom is 0.333 e. The first-order valence-electron chi connectivity index (χ1n) is 7.51. The second kappa shape index (κ2) is 7.80. The van der Waals surface area contributed by atoms with Crippen LogP contribution in [0.5, 0.6) is 0 Å². The summed E-state index contributed by atoms with van der Waals surface area (Å²) >= 11 is 6.83.